The van der Waals surface area contributed by atoms with Crippen molar-refractivity contribution >= 4 is 23.6 Å². The van der Waals surface area contributed by atoms with Gasteiger partial charge in [-0.2, -0.15) is 0 Å². The van der Waals surface area contributed by atoms with Crippen LogP contribution in [0.2, 0.25) is 0 Å². The van der Waals surface area contributed by atoms with E-state index in [4.69, 9.17) is 4.74 Å². The minimum Gasteiger partial charge on any atom is -0.458 e. The molecule has 0 heterocycles. The Morgan fingerprint density at radius 1 is 1.10 bits per heavy atom. The Morgan fingerprint density at radius 3 is 2.40 bits per heavy atom. The molecule has 2 aromatic rings. The van der Waals surface area contributed by atoms with E-state index in [1.165, 1.54) is 17.5 Å². The topological polar surface area (TPSA) is 50.7 Å². The monoisotopic (exact) mass is 404 g/mol. The summed E-state index contributed by atoms with van der Waals surface area (Å²) in [7, 11) is 1.98. The van der Waals surface area contributed by atoms with Crippen molar-refractivity contribution in [1.29, 1.82) is 0 Å². The van der Waals surface area contributed by atoms with Crippen molar-refractivity contribution < 1.29 is 9.53 Å². The molecule has 1 aliphatic carbocycles. The Bertz CT molecular complexity index is 969. The smallest absolute Gasteiger partial charge is 0.338 e. The fourth-order valence-corrected chi connectivity index (χ4v) is 4.19. The molecule has 4 heteroatoms. The third kappa shape index (κ3) is 4.33. The zero-order chi connectivity index (χ0) is 21.9. The number of nitrogens with zero attached hydrogens (tertiary/aromatic N) is 1. The quantitative estimate of drug-likeness (QED) is 0.356. The number of anilines is 1. The number of hydrogen-bond acceptors (Lipinski definition) is 4. The van der Waals surface area contributed by atoms with Crippen LogP contribution in [0.15, 0.2) is 54.0 Å². The number of fused-ring (bicyclic) bond motifs is 1. The summed E-state index contributed by atoms with van der Waals surface area (Å²) in [6.45, 7) is 13.1. The summed E-state index contributed by atoms with van der Waals surface area (Å²) in [6.07, 6.45) is 5.79. The van der Waals surface area contributed by atoms with Gasteiger partial charge >= 0.3 is 5.97 Å². The number of benzene rings is 2. The van der Waals surface area contributed by atoms with Gasteiger partial charge in [-0.1, -0.05) is 52.5 Å². The number of hydrogen-bond donors (Lipinski definition) is 1. The van der Waals surface area contributed by atoms with Gasteiger partial charge in [-0.3, -0.25) is 4.99 Å². The number of esters is 1. The molecule has 0 aromatic heterocycles. The average molecular weight is 405 g/mol. The van der Waals surface area contributed by atoms with E-state index in [0.717, 1.165) is 23.4 Å². The van der Waals surface area contributed by atoms with Crippen LogP contribution in [0.1, 0.15) is 67.6 Å². The summed E-state index contributed by atoms with van der Waals surface area (Å²) in [5, 5.41) is 3.44. The summed E-state index contributed by atoms with van der Waals surface area (Å²) in [5.41, 5.74) is 6.60. The second kappa shape index (κ2) is 8.47. The Labute approximate surface area is 180 Å². The van der Waals surface area contributed by atoms with Crippen molar-refractivity contribution in [3.8, 4) is 0 Å². The SMILES string of the molecule is C=CCOC(=O)c1ccc(N=Cc2ccc3c(c2NC)C(C)(C)CCC3(C)C)cc1. The zero-order valence-electron chi connectivity index (χ0n) is 18.7. The van der Waals surface area contributed by atoms with Gasteiger partial charge in [0.2, 0.25) is 0 Å². The van der Waals surface area contributed by atoms with Crippen LogP contribution < -0.4 is 5.32 Å². The molecule has 0 unspecified atom stereocenters. The van der Waals surface area contributed by atoms with Gasteiger partial charge in [-0.05, 0) is 59.1 Å². The van der Waals surface area contributed by atoms with Gasteiger partial charge in [0, 0.05) is 24.5 Å². The number of ether oxygens (including phenoxy) is 1. The Hall–Kier alpha value is -2.88. The first-order valence-corrected chi connectivity index (χ1v) is 10.5. The van der Waals surface area contributed by atoms with E-state index >= 15 is 0 Å². The maximum atomic E-state index is 11.9. The molecule has 1 aliphatic rings. The zero-order valence-corrected chi connectivity index (χ0v) is 18.7. The van der Waals surface area contributed by atoms with Gasteiger partial charge < -0.3 is 10.1 Å². The van der Waals surface area contributed by atoms with Crippen molar-refractivity contribution in [3.63, 3.8) is 0 Å². The molecular weight excluding hydrogens is 372 g/mol. The normalized spacial score (nSPS) is 16.7. The third-order valence-electron chi connectivity index (χ3n) is 6.06. The van der Waals surface area contributed by atoms with Gasteiger partial charge in [-0.25, -0.2) is 4.79 Å². The summed E-state index contributed by atoms with van der Waals surface area (Å²) in [5.74, 6) is -0.359. The van der Waals surface area contributed by atoms with Gasteiger partial charge in [0.05, 0.1) is 11.3 Å². The summed E-state index contributed by atoms with van der Waals surface area (Å²) in [4.78, 5) is 16.6. The first kappa shape index (κ1) is 21.8. The van der Waals surface area contributed by atoms with Crippen LogP contribution in [-0.4, -0.2) is 25.8 Å². The summed E-state index contributed by atoms with van der Waals surface area (Å²) < 4.78 is 5.06. The van der Waals surface area contributed by atoms with Crippen molar-refractivity contribution in [2.75, 3.05) is 19.0 Å². The third-order valence-corrected chi connectivity index (χ3v) is 6.06. The maximum absolute atomic E-state index is 11.9. The molecule has 4 nitrogen and oxygen atoms in total. The first-order chi connectivity index (χ1) is 14.2. The number of aliphatic imine (C=N–C) groups is 1. The van der Waals surface area contributed by atoms with Gasteiger partial charge in [0.1, 0.15) is 6.61 Å². The molecule has 2 aromatic carbocycles. The Kier molecular flexibility index (Phi) is 6.16. The minimum absolute atomic E-state index is 0.112. The van der Waals surface area contributed by atoms with Crippen molar-refractivity contribution in [1.82, 2.24) is 0 Å². The van der Waals surface area contributed by atoms with Crippen molar-refractivity contribution in [2.24, 2.45) is 4.99 Å². The molecule has 3 rings (SSSR count). The van der Waals surface area contributed by atoms with Crippen molar-refractivity contribution in [3.05, 3.63) is 71.3 Å². The highest BCUT2D eigenvalue weighted by Gasteiger charge is 2.39. The largest absolute Gasteiger partial charge is 0.458 e. The predicted molar refractivity (Wildman–Crippen MR) is 125 cm³/mol. The number of carbonyl (C=O) groups excluding carboxylic acids is 1. The van der Waals surface area contributed by atoms with E-state index in [1.54, 1.807) is 18.2 Å². The second-order valence-electron chi connectivity index (χ2n) is 9.16. The molecule has 0 amide bonds. The molecule has 1 N–H and O–H groups in total. The molecule has 0 aliphatic heterocycles. The molecular formula is C26H32N2O2. The van der Waals surface area contributed by atoms with Crippen LogP contribution >= 0.6 is 0 Å². The van der Waals surface area contributed by atoms with Crippen LogP contribution in [0, 0.1) is 0 Å². The van der Waals surface area contributed by atoms with Crippen LogP contribution in [0.4, 0.5) is 11.4 Å². The van der Waals surface area contributed by atoms with Crippen molar-refractivity contribution in [2.45, 2.75) is 51.4 Å². The summed E-state index contributed by atoms with van der Waals surface area (Å²) >= 11 is 0. The second-order valence-corrected chi connectivity index (χ2v) is 9.16. The number of rotatable bonds is 6. The van der Waals surface area contributed by atoms with E-state index in [9.17, 15) is 4.79 Å². The van der Waals surface area contributed by atoms with E-state index in [2.05, 4.69) is 56.7 Å². The lowest BCUT2D eigenvalue weighted by atomic mass is 9.62. The lowest BCUT2D eigenvalue weighted by Crippen LogP contribution is -2.35. The van der Waals surface area contributed by atoms with Crippen LogP contribution in [0.3, 0.4) is 0 Å². The van der Waals surface area contributed by atoms with Crippen LogP contribution in [0.25, 0.3) is 0 Å². The minimum atomic E-state index is -0.359. The predicted octanol–water partition coefficient (Wildman–Crippen LogP) is 6.17. The summed E-state index contributed by atoms with van der Waals surface area (Å²) in [6, 6.07) is 11.5. The molecule has 158 valence electrons. The van der Waals surface area contributed by atoms with Crippen LogP contribution in [-0.2, 0) is 15.6 Å². The molecule has 30 heavy (non-hydrogen) atoms. The lowest BCUT2D eigenvalue weighted by Gasteiger charge is -2.43. The standard InChI is InChI=1S/C26H32N2O2/c1-7-16-30-24(29)18-8-11-20(12-9-18)28-17-19-10-13-21-22(23(19)27-6)26(4,5)15-14-25(21,2)3/h7-13,17,27H,1,14-16H2,2-6H3. The molecule has 0 fully saturated rings. The van der Waals surface area contributed by atoms with Gasteiger partial charge in [-0.15, -0.1) is 0 Å². The highest BCUT2D eigenvalue weighted by molar-refractivity contribution is 5.92. The molecule has 0 spiro atoms. The Morgan fingerprint density at radius 2 is 1.77 bits per heavy atom. The first-order valence-electron chi connectivity index (χ1n) is 10.5. The molecule has 0 atom stereocenters. The number of carbonyl (C=O) groups is 1. The maximum Gasteiger partial charge on any atom is 0.338 e. The van der Waals surface area contributed by atoms with E-state index < -0.39 is 0 Å². The van der Waals surface area contributed by atoms with Crippen LogP contribution in [0.5, 0.6) is 0 Å². The fraction of sp³-hybridized carbons (Fsp3) is 0.385. The molecule has 0 saturated heterocycles. The highest BCUT2D eigenvalue weighted by atomic mass is 16.5. The Balaban J connectivity index is 1.91. The van der Waals surface area contributed by atoms with Gasteiger partial charge in [0.15, 0.2) is 0 Å². The van der Waals surface area contributed by atoms with Gasteiger partial charge in [0.25, 0.3) is 0 Å². The molecule has 0 bridgehead atoms. The molecule has 0 radical (unpaired) electrons. The fourth-order valence-electron chi connectivity index (χ4n) is 4.19. The van der Waals surface area contributed by atoms with E-state index in [1.807, 2.05) is 25.4 Å². The lowest BCUT2D eigenvalue weighted by molar-refractivity contribution is 0.0550. The number of nitrogens with one attached hydrogen (secondary N) is 1. The van der Waals surface area contributed by atoms with E-state index in [-0.39, 0.29) is 23.4 Å². The molecule has 0 saturated carbocycles. The average Bonchev–Trinajstić information content (AvgIpc) is 2.73. The highest BCUT2D eigenvalue weighted by Crippen LogP contribution is 2.49. The van der Waals surface area contributed by atoms with E-state index in [0.29, 0.717) is 5.56 Å².